The van der Waals surface area contributed by atoms with Crippen molar-refractivity contribution >= 4 is 17.4 Å². The molecule has 3 rings (SSSR count). The summed E-state index contributed by atoms with van der Waals surface area (Å²) in [5.74, 6) is 1.40. The normalized spacial score (nSPS) is 12.2. The van der Waals surface area contributed by atoms with E-state index in [0.717, 1.165) is 42.0 Å². The molecular formula is C31H45N3O2. The number of carbonyl (C=O) groups excluding carboxylic acids is 1. The van der Waals surface area contributed by atoms with Crippen molar-refractivity contribution in [1.82, 2.24) is 9.38 Å². The molecule has 0 atom stereocenters. The van der Waals surface area contributed by atoms with E-state index in [0.29, 0.717) is 12.2 Å². The van der Waals surface area contributed by atoms with Gasteiger partial charge in [0.25, 0.3) is 0 Å². The number of imidazole rings is 1. The number of benzene rings is 1. The molecule has 0 radical (unpaired) electrons. The smallest absolute Gasteiger partial charge is 0.311 e. The van der Waals surface area contributed by atoms with Crippen LogP contribution in [0, 0.1) is 5.41 Å². The monoisotopic (exact) mass is 491 g/mol. The van der Waals surface area contributed by atoms with E-state index in [2.05, 4.69) is 51.3 Å². The largest absolute Gasteiger partial charge is 0.427 e. The van der Waals surface area contributed by atoms with E-state index in [9.17, 15) is 4.79 Å². The van der Waals surface area contributed by atoms with Gasteiger partial charge in [0.15, 0.2) is 0 Å². The number of anilines is 1. The molecule has 2 aromatic heterocycles. The maximum Gasteiger partial charge on any atom is 0.311 e. The lowest BCUT2D eigenvalue weighted by Crippen LogP contribution is -2.36. The lowest BCUT2D eigenvalue weighted by Gasteiger charge is -2.34. The van der Waals surface area contributed by atoms with Crippen LogP contribution >= 0.6 is 0 Å². The molecule has 5 heteroatoms. The highest BCUT2D eigenvalue weighted by atomic mass is 16.5. The Morgan fingerprint density at radius 1 is 0.917 bits per heavy atom. The number of nitrogens with zero attached hydrogens (tertiary/aromatic N) is 2. The molecule has 0 fully saturated rings. The van der Waals surface area contributed by atoms with Gasteiger partial charge in [0, 0.05) is 23.7 Å². The summed E-state index contributed by atoms with van der Waals surface area (Å²) >= 11 is 0. The Hall–Kier alpha value is -2.82. The lowest BCUT2D eigenvalue weighted by atomic mass is 9.82. The van der Waals surface area contributed by atoms with Crippen LogP contribution in [0.3, 0.4) is 0 Å². The van der Waals surface area contributed by atoms with Gasteiger partial charge in [-0.05, 0) is 68.5 Å². The van der Waals surface area contributed by atoms with Crippen molar-refractivity contribution in [1.29, 1.82) is 0 Å². The van der Waals surface area contributed by atoms with Crippen molar-refractivity contribution in [3.8, 4) is 17.0 Å². The molecule has 0 saturated heterocycles. The molecular weight excluding hydrogens is 446 g/mol. The van der Waals surface area contributed by atoms with Crippen LogP contribution in [0.15, 0.2) is 48.7 Å². The SMILES string of the molecule is CCCCCCCCCC(=O)Oc1ccc(-c2nc3ccccn3c2NC(C)(C)CC(C)(C)C)cc1. The van der Waals surface area contributed by atoms with Gasteiger partial charge < -0.3 is 10.1 Å². The second kappa shape index (κ2) is 12.4. The average Bonchev–Trinajstić information content (AvgIpc) is 3.15. The molecule has 1 N–H and O–H groups in total. The molecule has 0 spiro atoms. The first-order valence-electron chi connectivity index (χ1n) is 13.6. The topological polar surface area (TPSA) is 55.6 Å². The highest BCUT2D eigenvalue weighted by Crippen LogP contribution is 2.35. The molecule has 0 aliphatic heterocycles. The molecule has 0 aliphatic rings. The van der Waals surface area contributed by atoms with E-state index >= 15 is 0 Å². The Balaban J connectivity index is 1.68. The van der Waals surface area contributed by atoms with Crippen LogP contribution < -0.4 is 10.1 Å². The predicted molar refractivity (Wildman–Crippen MR) is 151 cm³/mol. The van der Waals surface area contributed by atoms with Gasteiger partial charge in [-0.25, -0.2) is 4.98 Å². The Morgan fingerprint density at radius 3 is 2.25 bits per heavy atom. The molecule has 0 unspecified atom stereocenters. The van der Waals surface area contributed by atoms with Gasteiger partial charge in [0.1, 0.15) is 22.9 Å². The molecule has 0 aliphatic carbocycles. The fourth-order valence-corrected chi connectivity index (χ4v) is 5.10. The zero-order valence-electron chi connectivity index (χ0n) is 23.2. The maximum atomic E-state index is 12.3. The van der Waals surface area contributed by atoms with Gasteiger partial charge in [-0.15, -0.1) is 0 Å². The van der Waals surface area contributed by atoms with Crippen LogP contribution in [-0.4, -0.2) is 20.9 Å². The number of esters is 1. The van der Waals surface area contributed by atoms with Gasteiger partial charge in [-0.1, -0.05) is 72.3 Å². The van der Waals surface area contributed by atoms with Crippen LogP contribution in [0.4, 0.5) is 5.82 Å². The molecule has 5 nitrogen and oxygen atoms in total. The summed E-state index contributed by atoms with van der Waals surface area (Å²) in [7, 11) is 0. The van der Waals surface area contributed by atoms with E-state index in [1.54, 1.807) is 0 Å². The summed E-state index contributed by atoms with van der Waals surface area (Å²) < 4.78 is 7.70. The third-order valence-corrected chi connectivity index (χ3v) is 6.30. The van der Waals surface area contributed by atoms with E-state index in [1.807, 2.05) is 48.7 Å². The Kier molecular flexibility index (Phi) is 9.58. The number of hydrogen-bond acceptors (Lipinski definition) is 4. The van der Waals surface area contributed by atoms with E-state index in [4.69, 9.17) is 9.72 Å². The van der Waals surface area contributed by atoms with Crippen LogP contribution in [0.5, 0.6) is 5.75 Å². The van der Waals surface area contributed by atoms with E-state index < -0.39 is 0 Å². The minimum atomic E-state index is -0.157. The Labute approximate surface area is 217 Å². The Morgan fingerprint density at radius 2 is 1.58 bits per heavy atom. The van der Waals surface area contributed by atoms with Crippen molar-refractivity contribution in [3.63, 3.8) is 0 Å². The van der Waals surface area contributed by atoms with Crippen LogP contribution in [0.2, 0.25) is 0 Å². The number of hydrogen-bond donors (Lipinski definition) is 1. The molecule has 0 amide bonds. The summed E-state index contributed by atoms with van der Waals surface area (Å²) in [5, 5.41) is 3.77. The molecule has 3 aromatic rings. The van der Waals surface area contributed by atoms with Crippen LogP contribution in [0.1, 0.15) is 99.3 Å². The first-order chi connectivity index (χ1) is 17.1. The van der Waals surface area contributed by atoms with E-state index in [-0.39, 0.29) is 16.9 Å². The van der Waals surface area contributed by atoms with Gasteiger partial charge in [0.2, 0.25) is 0 Å². The highest BCUT2D eigenvalue weighted by Gasteiger charge is 2.28. The lowest BCUT2D eigenvalue weighted by molar-refractivity contribution is -0.134. The molecule has 1 aromatic carbocycles. The fourth-order valence-electron chi connectivity index (χ4n) is 5.10. The number of aromatic nitrogens is 2. The second-order valence-electron chi connectivity index (χ2n) is 11.9. The molecule has 0 saturated carbocycles. The van der Waals surface area contributed by atoms with Gasteiger partial charge in [0.05, 0.1) is 0 Å². The number of unbranched alkanes of at least 4 members (excludes halogenated alkanes) is 6. The molecule has 36 heavy (non-hydrogen) atoms. The van der Waals surface area contributed by atoms with Gasteiger partial charge >= 0.3 is 5.97 Å². The van der Waals surface area contributed by atoms with Gasteiger partial charge in [-0.2, -0.15) is 0 Å². The molecule has 196 valence electrons. The third kappa shape index (κ3) is 8.39. The summed E-state index contributed by atoms with van der Waals surface area (Å²) in [6.45, 7) is 13.5. The number of carbonyl (C=O) groups is 1. The van der Waals surface area contributed by atoms with Crippen molar-refractivity contribution in [2.24, 2.45) is 5.41 Å². The van der Waals surface area contributed by atoms with Crippen molar-refractivity contribution in [3.05, 3.63) is 48.7 Å². The molecule has 2 heterocycles. The first-order valence-corrected chi connectivity index (χ1v) is 13.6. The number of rotatable bonds is 13. The van der Waals surface area contributed by atoms with Crippen molar-refractivity contribution in [2.75, 3.05) is 5.32 Å². The second-order valence-corrected chi connectivity index (χ2v) is 11.9. The van der Waals surface area contributed by atoms with E-state index in [1.165, 1.54) is 32.1 Å². The van der Waals surface area contributed by atoms with Crippen molar-refractivity contribution in [2.45, 2.75) is 105 Å². The van der Waals surface area contributed by atoms with Gasteiger partial charge in [-0.3, -0.25) is 9.20 Å². The van der Waals surface area contributed by atoms with Crippen molar-refractivity contribution < 1.29 is 9.53 Å². The zero-order chi connectivity index (χ0) is 26.2. The summed E-state index contributed by atoms with van der Waals surface area (Å²) in [4.78, 5) is 17.2. The summed E-state index contributed by atoms with van der Waals surface area (Å²) in [6, 6.07) is 13.8. The zero-order valence-corrected chi connectivity index (χ0v) is 23.2. The fraction of sp³-hybridized carbons (Fsp3) is 0.548. The summed E-state index contributed by atoms with van der Waals surface area (Å²) in [5.41, 5.74) is 2.85. The minimum Gasteiger partial charge on any atom is -0.427 e. The highest BCUT2D eigenvalue weighted by molar-refractivity contribution is 5.78. The molecule has 0 bridgehead atoms. The number of fused-ring (bicyclic) bond motifs is 1. The maximum absolute atomic E-state index is 12.3. The average molecular weight is 492 g/mol. The van der Waals surface area contributed by atoms with Crippen LogP contribution in [-0.2, 0) is 4.79 Å². The third-order valence-electron chi connectivity index (χ3n) is 6.30. The number of pyridine rings is 1. The first kappa shape index (κ1) is 27.8. The predicted octanol–water partition coefficient (Wildman–Crippen LogP) is 8.67. The number of ether oxygens (including phenoxy) is 1. The number of nitrogens with one attached hydrogen (secondary N) is 1. The Bertz CT molecular complexity index is 1110. The standard InChI is InChI=1S/C31H45N3O2/c1-7-8-9-10-11-12-13-17-27(35)36-25-20-18-24(19-21-25)28-29(33-31(5,6)23-30(2,3)4)34-22-15-14-16-26(34)32-28/h14-16,18-22,33H,7-13,17,23H2,1-6H3. The summed E-state index contributed by atoms with van der Waals surface area (Å²) in [6.07, 6.45) is 11.8. The minimum absolute atomic E-state index is 0.121. The quantitative estimate of drug-likeness (QED) is 0.148. The van der Waals surface area contributed by atoms with Crippen LogP contribution in [0.25, 0.3) is 16.9 Å².